The van der Waals surface area contributed by atoms with E-state index in [4.69, 9.17) is 16.9 Å². The highest BCUT2D eigenvalue weighted by Gasteiger charge is 2.52. The summed E-state index contributed by atoms with van der Waals surface area (Å²) in [5, 5.41) is 0.197. The molecule has 172 valence electrons. The fourth-order valence-electron chi connectivity index (χ4n) is 3.73. The molecule has 1 aliphatic rings. The summed E-state index contributed by atoms with van der Waals surface area (Å²) in [6.07, 6.45) is 8.82. The Labute approximate surface area is 195 Å². The maximum absolute atomic E-state index is 15.0. The van der Waals surface area contributed by atoms with E-state index in [2.05, 4.69) is 20.9 Å². The number of Topliss-reactive ketones (excluding diaryl/α,β-unsaturated/α-hetero) is 1. The molecule has 1 aromatic carbocycles. The SMILES string of the molecule is C#CCOc1cnc(/C(F)=C/c2ccc(F)c([C@@]3(C)N=C(N)S[C@](C)(C(C)=O)[C@H]3C)c2)cn1. The molecule has 6 nitrogen and oxygen atoms in total. The summed E-state index contributed by atoms with van der Waals surface area (Å²) in [7, 11) is 0. The van der Waals surface area contributed by atoms with E-state index >= 15 is 0 Å². The lowest BCUT2D eigenvalue weighted by molar-refractivity contribution is -0.120. The van der Waals surface area contributed by atoms with Crippen molar-refractivity contribution in [2.45, 2.75) is 38.0 Å². The number of carbonyl (C=O) groups is 1. The molecule has 0 bridgehead atoms. The van der Waals surface area contributed by atoms with E-state index in [-0.39, 0.29) is 40.6 Å². The Kier molecular flexibility index (Phi) is 6.89. The van der Waals surface area contributed by atoms with Crippen LogP contribution in [0.4, 0.5) is 8.78 Å². The Hall–Kier alpha value is -3.25. The number of rotatable bonds is 6. The standard InChI is InChI=1S/C24H24F2N4O2S/c1-6-9-32-21-13-28-20(12-29-21)19(26)11-16-7-8-18(25)17(10-16)23(4)14(2)24(5,15(3)31)33-22(27)30-23/h1,7-8,10-14H,9H2,2-5H3,(H2,27,30)/b19-11-/t14-,23-,24-/m0/s1. The van der Waals surface area contributed by atoms with Crippen molar-refractivity contribution >= 4 is 34.6 Å². The van der Waals surface area contributed by atoms with Crippen LogP contribution in [0, 0.1) is 24.1 Å². The molecule has 0 saturated carbocycles. The maximum Gasteiger partial charge on any atom is 0.233 e. The topological polar surface area (TPSA) is 90.5 Å². The maximum atomic E-state index is 15.0. The van der Waals surface area contributed by atoms with Gasteiger partial charge in [0, 0.05) is 11.5 Å². The van der Waals surface area contributed by atoms with Gasteiger partial charge in [0.15, 0.2) is 17.6 Å². The fourth-order valence-corrected chi connectivity index (χ4v) is 4.95. The van der Waals surface area contributed by atoms with Crippen molar-refractivity contribution in [1.29, 1.82) is 0 Å². The van der Waals surface area contributed by atoms with Gasteiger partial charge >= 0.3 is 0 Å². The van der Waals surface area contributed by atoms with Crippen LogP contribution in [0.3, 0.4) is 0 Å². The Bertz CT molecular complexity index is 1180. The summed E-state index contributed by atoms with van der Waals surface area (Å²) in [5.41, 5.74) is 5.50. The van der Waals surface area contributed by atoms with Gasteiger partial charge in [0.1, 0.15) is 17.3 Å². The first-order valence-electron chi connectivity index (χ1n) is 10.1. The second-order valence-electron chi connectivity index (χ2n) is 8.05. The lowest BCUT2D eigenvalue weighted by atomic mass is 9.72. The number of terminal acetylenes is 1. The first kappa shape index (κ1) is 24.4. The Balaban J connectivity index is 1.99. The molecule has 2 aromatic rings. The van der Waals surface area contributed by atoms with Crippen LogP contribution >= 0.6 is 11.8 Å². The van der Waals surface area contributed by atoms with Gasteiger partial charge in [-0.1, -0.05) is 30.7 Å². The number of thioether (sulfide) groups is 1. The van der Waals surface area contributed by atoms with E-state index in [0.717, 1.165) is 0 Å². The average molecular weight is 471 g/mol. The molecule has 3 atom stereocenters. The number of ether oxygens (including phenoxy) is 1. The second-order valence-corrected chi connectivity index (χ2v) is 9.52. The molecular formula is C24H24F2N4O2S. The number of hydrogen-bond donors (Lipinski definition) is 1. The molecule has 0 amide bonds. The lowest BCUT2D eigenvalue weighted by Gasteiger charge is -2.46. The molecule has 0 radical (unpaired) electrons. The normalized spacial score (nSPS) is 25.2. The number of ketones is 1. The van der Waals surface area contributed by atoms with E-state index in [1.54, 1.807) is 13.8 Å². The molecule has 1 aromatic heterocycles. The zero-order valence-corrected chi connectivity index (χ0v) is 19.5. The van der Waals surface area contributed by atoms with Crippen LogP contribution in [0.5, 0.6) is 5.88 Å². The minimum absolute atomic E-state index is 0.0194. The molecule has 2 N–H and O–H groups in total. The van der Waals surface area contributed by atoms with E-state index < -0.39 is 21.9 Å². The van der Waals surface area contributed by atoms with Crippen LogP contribution in [0.2, 0.25) is 0 Å². The molecule has 0 aliphatic carbocycles. The molecule has 1 aliphatic heterocycles. The third-order valence-corrected chi connectivity index (χ3v) is 7.40. The summed E-state index contributed by atoms with van der Waals surface area (Å²) in [6, 6.07) is 4.20. The highest BCUT2D eigenvalue weighted by molar-refractivity contribution is 8.15. The molecule has 9 heteroatoms. The third-order valence-electron chi connectivity index (χ3n) is 6.03. The molecule has 0 saturated heterocycles. The summed E-state index contributed by atoms with van der Waals surface area (Å²) in [6.45, 7) is 6.86. The number of nitrogens with two attached hydrogens (primary N) is 1. The zero-order chi connectivity index (χ0) is 24.4. The smallest absolute Gasteiger partial charge is 0.233 e. The van der Waals surface area contributed by atoms with E-state index in [9.17, 15) is 13.6 Å². The van der Waals surface area contributed by atoms with Gasteiger partial charge in [0.25, 0.3) is 0 Å². The summed E-state index contributed by atoms with van der Waals surface area (Å²) in [5.74, 6) is 0.812. The molecule has 0 fully saturated rings. The Morgan fingerprint density at radius 2 is 2.09 bits per heavy atom. The van der Waals surface area contributed by atoms with Crippen molar-refractivity contribution in [2.24, 2.45) is 16.6 Å². The highest BCUT2D eigenvalue weighted by Crippen LogP contribution is 2.50. The molecule has 0 spiro atoms. The summed E-state index contributed by atoms with van der Waals surface area (Å²) in [4.78, 5) is 24.9. The molecular weight excluding hydrogens is 446 g/mol. The van der Waals surface area contributed by atoms with Crippen molar-refractivity contribution in [3.8, 4) is 18.2 Å². The van der Waals surface area contributed by atoms with Crippen molar-refractivity contribution in [1.82, 2.24) is 9.97 Å². The van der Waals surface area contributed by atoms with Crippen molar-refractivity contribution in [3.63, 3.8) is 0 Å². The zero-order valence-electron chi connectivity index (χ0n) is 18.7. The van der Waals surface area contributed by atoms with Crippen molar-refractivity contribution in [2.75, 3.05) is 6.61 Å². The van der Waals surface area contributed by atoms with Gasteiger partial charge in [-0.3, -0.25) is 9.79 Å². The van der Waals surface area contributed by atoms with Gasteiger partial charge in [0.05, 0.1) is 22.7 Å². The largest absolute Gasteiger partial charge is 0.463 e. The van der Waals surface area contributed by atoms with E-state index in [1.165, 1.54) is 55.4 Å². The van der Waals surface area contributed by atoms with Crippen LogP contribution in [-0.4, -0.2) is 32.3 Å². The van der Waals surface area contributed by atoms with Gasteiger partial charge in [-0.05, 0) is 44.5 Å². The van der Waals surface area contributed by atoms with Crippen molar-refractivity contribution in [3.05, 3.63) is 53.2 Å². The highest BCUT2D eigenvalue weighted by atomic mass is 32.2. The minimum Gasteiger partial charge on any atom is -0.463 e. The quantitative estimate of drug-likeness (QED) is 0.631. The van der Waals surface area contributed by atoms with Crippen LogP contribution in [0.25, 0.3) is 11.9 Å². The number of carbonyl (C=O) groups excluding carboxylic acids is 1. The molecule has 3 rings (SSSR count). The van der Waals surface area contributed by atoms with Gasteiger partial charge in [-0.25, -0.2) is 18.7 Å². The monoisotopic (exact) mass is 470 g/mol. The van der Waals surface area contributed by atoms with Crippen LogP contribution in [0.1, 0.15) is 44.5 Å². The molecule has 2 heterocycles. The first-order valence-corrected chi connectivity index (χ1v) is 10.9. The number of nitrogens with zero attached hydrogens (tertiary/aromatic N) is 3. The average Bonchev–Trinajstić information content (AvgIpc) is 2.77. The molecule has 0 unspecified atom stereocenters. The number of aliphatic imine (C=N–C) groups is 1. The van der Waals surface area contributed by atoms with Crippen LogP contribution < -0.4 is 10.5 Å². The van der Waals surface area contributed by atoms with Crippen LogP contribution in [-0.2, 0) is 10.3 Å². The summed E-state index contributed by atoms with van der Waals surface area (Å²) >= 11 is 1.17. The Morgan fingerprint density at radius 1 is 1.36 bits per heavy atom. The molecule has 33 heavy (non-hydrogen) atoms. The first-order chi connectivity index (χ1) is 15.5. The summed E-state index contributed by atoms with van der Waals surface area (Å²) < 4.78 is 34.1. The Morgan fingerprint density at radius 3 is 2.70 bits per heavy atom. The van der Waals surface area contributed by atoms with Crippen LogP contribution in [0.15, 0.2) is 35.6 Å². The van der Waals surface area contributed by atoms with E-state index in [1.807, 2.05) is 6.92 Å². The predicted octanol–water partition coefficient (Wildman–Crippen LogP) is 4.36. The number of halogens is 2. The van der Waals surface area contributed by atoms with Gasteiger partial charge in [0.2, 0.25) is 5.88 Å². The van der Waals surface area contributed by atoms with E-state index in [0.29, 0.717) is 5.56 Å². The number of benzene rings is 1. The number of aromatic nitrogens is 2. The van der Waals surface area contributed by atoms with Gasteiger partial charge in [-0.15, -0.1) is 6.42 Å². The number of amidine groups is 1. The predicted molar refractivity (Wildman–Crippen MR) is 127 cm³/mol. The number of hydrogen-bond acceptors (Lipinski definition) is 7. The lowest BCUT2D eigenvalue weighted by Crippen LogP contribution is -2.52. The van der Waals surface area contributed by atoms with Crippen molar-refractivity contribution < 1.29 is 18.3 Å². The van der Waals surface area contributed by atoms with Gasteiger partial charge < -0.3 is 10.5 Å². The minimum atomic E-state index is -1.13. The second kappa shape index (κ2) is 9.32. The third kappa shape index (κ3) is 4.76. The fraction of sp³-hybridized carbons (Fsp3) is 0.333. The van der Waals surface area contributed by atoms with Gasteiger partial charge in [-0.2, -0.15) is 0 Å².